The summed E-state index contributed by atoms with van der Waals surface area (Å²) in [4.78, 5) is 79.4. The molecule has 0 fully saturated rings. The first-order chi connectivity index (χ1) is 32.6. The molecule has 2 N–H and O–H groups in total. The number of carboxylic acid groups (broad SMARTS) is 2. The summed E-state index contributed by atoms with van der Waals surface area (Å²) in [6.07, 6.45) is 1.33. The number of ether oxygens (including phenoxy) is 4. The molecule has 352 valence electrons. The van der Waals surface area contributed by atoms with Gasteiger partial charge in [0, 0.05) is 21.5 Å². The number of imide groups is 2. The molecule has 1 unspecified atom stereocenters. The molecule has 2 heterocycles. The average Bonchev–Trinajstić information content (AvgIpc) is 3.73. The second kappa shape index (κ2) is 20.4. The molecular weight excluding hydrogens is 869 g/mol. The Hall–Kier alpha value is -7.74. The Morgan fingerprint density at radius 1 is 0.515 bits per heavy atom. The fourth-order valence-electron chi connectivity index (χ4n) is 8.44. The second-order valence-corrected chi connectivity index (χ2v) is 17.0. The smallest absolute Gasteiger partial charge is 0.310 e. The monoisotopic (exact) mass is 922 g/mol. The van der Waals surface area contributed by atoms with Gasteiger partial charge in [-0.1, -0.05) is 93.6 Å². The van der Waals surface area contributed by atoms with E-state index in [4.69, 9.17) is 24.1 Å². The van der Waals surface area contributed by atoms with Gasteiger partial charge in [-0.05, 0) is 82.3 Å². The summed E-state index contributed by atoms with van der Waals surface area (Å²) >= 11 is 0. The second-order valence-electron chi connectivity index (χ2n) is 17.0. The first-order valence-electron chi connectivity index (χ1n) is 22.8. The van der Waals surface area contributed by atoms with E-state index in [9.17, 15) is 33.9 Å². The van der Waals surface area contributed by atoms with Gasteiger partial charge >= 0.3 is 11.9 Å². The van der Waals surface area contributed by atoms with Crippen molar-refractivity contribution in [3.05, 3.63) is 130 Å². The number of carbonyl (C=O) groups is 6. The number of nitrogens with zero attached hydrogens (tertiary/aromatic N) is 2. The lowest BCUT2D eigenvalue weighted by molar-refractivity contribution is -0.139. The number of aliphatic carboxylic acids is 2. The molecule has 4 amide bonds. The summed E-state index contributed by atoms with van der Waals surface area (Å²) in [5.74, 6) is -3.02. The van der Waals surface area contributed by atoms with Crippen LogP contribution in [-0.2, 0) is 16.0 Å². The van der Waals surface area contributed by atoms with E-state index in [0.717, 1.165) is 22.6 Å². The predicted molar refractivity (Wildman–Crippen MR) is 258 cm³/mol. The van der Waals surface area contributed by atoms with E-state index in [1.54, 1.807) is 55.5 Å². The van der Waals surface area contributed by atoms with Crippen LogP contribution in [0.3, 0.4) is 0 Å². The van der Waals surface area contributed by atoms with Gasteiger partial charge in [-0.15, -0.1) is 0 Å². The number of anilines is 2. The van der Waals surface area contributed by atoms with Crippen molar-refractivity contribution in [1.82, 2.24) is 0 Å². The van der Waals surface area contributed by atoms with Crippen LogP contribution in [0.1, 0.15) is 126 Å². The van der Waals surface area contributed by atoms with Crippen molar-refractivity contribution in [3.8, 4) is 23.0 Å². The number of hydrogen-bond acceptors (Lipinski definition) is 10. The summed E-state index contributed by atoms with van der Waals surface area (Å²) in [6, 6.07) is 27.7. The normalized spacial score (nSPS) is 13.5. The maximum absolute atomic E-state index is 13.7. The van der Waals surface area contributed by atoms with Crippen LogP contribution in [0.25, 0.3) is 21.5 Å². The molecule has 68 heavy (non-hydrogen) atoms. The SMILES string of the molecule is CCCOc1c2c(c(OC(C)C)c3ccccc13)C(=O)N(c1ccc(C(CC)C(=O)O)cc1)C2=O.CCCOc1c2c(c(OC(C)C)c3ccccc13)C(=O)N(c1ccc(CC(=O)O)cc1)C2=O. The molecule has 14 heteroatoms. The quantitative estimate of drug-likeness (QED) is 0.0826. The van der Waals surface area contributed by atoms with Crippen molar-refractivity contribution in [2.45, 2.75) is 92.3 Å². The van der Waals surface area contributed by atoms with Crippen LogP contribution < -0.4 is 28.7 Å². The van der Waals surface area contributed by atoms with E-state index >= 15 is 0 Å². The molecule has 0 spiro atoms. The standard InChI is InChI=1S/C28H29NO6.C26H25NO6/c1-5-15-34-24-20-9-7-8-10-21(20)25(35-16(3)4)23-22(24)26(30)29(27(23)31)18-13-11-17(12-14-18)19(6-2)28(32)33;1-4-13-32-23-18-7-5-6-8-19(18)24(33-15(2)3)22-21(23)25(30)27(26(22)31)17-11-9-16(10-12-17)14-20(28)29/h7-14,16,19H,5-6,15H2,1-4H3,(H,32,33);5-12,15H,4,13-14H2,1-3H3,(H,28,29). The number of carbonyl (C=O) groups excluding carboxylic acids is 4. The minimum absolute atomic E-state index is 0.144. The van der Waals surface area contributed by atoms with E-state index in [1.807, 2.05) is 90.1 Å². The molecule has 0 radical (unpaired) electrons. The average molecular weight is 923 g/mol. The molecule has 0 aliphatic carbocycles. The number of amides is 4. The maximum atomic E-state index is 13.7. The minimum atomic E-state index is -0.955. The van der Waals surface area contributed by atoms with Crippen molar-refractivity contribution in [2.24, 2.45) is 0 Å². The van der Waals surface area contributed by atoms with E-state index in [0.29, 0.717) is 86.7 Å². The van der Waals surface area contributed by atoms with Gasteiger partial charge in [-0.2, -0.15) is 0 Å². The molecule has 2 aliphatic rings. The Balaban J connectivity index is 0.000000202. The molecule has 8 rings (SSSR count). The highest BCUT2D eigenvalue weighted by Gasteiger charge is 2.45. The van der Waals surface area contributed by atoms with Gasteiger partial charge in [-0.25, -0.2) is 9.80 Å². The lowest BCUT2D eigenvalue weighted by atomic mass is 9.96. The van der Waals surface area contributed by atoms with Gasteiger partial charge in [-0.3, -0.25) is 28.8 Å². The highest BCUT2D eigenvalue weighted by Crippen LogP contribution is 2.48. The van der Waals surface area contributed by atoms with Gasteiger partial charge in [0.05, 0.1) is 71.4 Å². The Labute approximate surface area is 394 Å². The summed E-state index contributed by atoms with van der Waals surface area (Å²) in [7, 11) is 0. The van der Waals surface area contributed by atoms with Crippen LogP contribution in [0.4, 0.5) is 11.4 Å². The van der Waals surface area contributed by atoms with Gasteiger partial charge in [0.15, 0.2) is 0 Å². The molecule has 0 saturated carbocycles. The largest absolute Gasteiger partial charge is 0.492 e. The first-order valence-corrected chi connectivity index (χ1v) is 22.8. The molecule has 6 aromatic carbocycles. The Bertz CT molecular complexity index is 2940. The summed E-state index contributed by atoms with van der Waals surface area (Å²) < 4.78 is 24.2. The predicted octanol–water partition coefficient (Wildman–Crippen LogP) is 10.6. The third-order valence-corrected chi connectivity index (χ3v) is 11.3. The van der Waals surface area contributed by atoms with Gasteiger partial charge in [0.1, 0.15) is 23.0 Å². The van der Waals surface area contributed by atoms with E-state index in [-0.39, 0.29) is 40.9 Å². The van der Waals surface area contributed by atoms with Crippen LogP contribution >= 0.6 is 0 Å². The summed E-state index contributed by atoms with van der Waals surface area (Å²) in [6.45, 7) is 14.0. The lowest BCUT2D eigenvalue weighted by Gasteiger charge is -2.18. The third kappa shape index (κ3) is 9.18. The fraction of sp³-hybridized carbons (Fsp3) is 0.296. The molecule has 1 atom stereocenters. The molecule has 2 aliphatic heterocycles. The van der Waals surface area contributed by atoms with E-state index in [2.05, 4.69) is 0 Å². The highest BCUT2D eigenvalue weighted by atomic mass is 16.5. The zero-order chi connectivity index (χ0) is 49.0. The van der Waals surface area contributed by atoms with Gasteiger partial charge < -0.3 is 29.2 Å². The number of fused-ring (bicyclic) bond motifs is 4. The lowest BCUT2D eigenvalue weighted by Crippen LogP contribution is -2.29. The number of carboxylic acids is 2. The topological polar surface area (TPSA) is 186 Å². The van der Waals surface area contributed by atoms with Gasteiger partial charge in [0.2, 0.25) is 0 Å². The van der Waals surface area contributed by atoms with Crippen LogP contribution in [0.2, 0.25) is 0 Å². The molecule has 14 nitrogen and oxygen atoms in total. The molecule has 0 aromatic heterocycles. The number of hydrogen-bond donors (Lipinski definition) is 2. The Morgan fingerprint density at radius 2 is 0.868 bits per heavy atom. The number of benzene rings is 6. The van der Waals surface area contributed by atoms with Crippen LogP contribution in [-0.4, -0.2) is 71.2 Å². The minimum Gasteiger partial charge on any atom is -0.492 e. The highest BCUT2D eigenvalue weighted by molar-refractivity contribution is 6.39. The Morgan fingerprint density at radius 3 is 1.19 bits per heavy atom. The zero-order valence-corrected chi connectivity index (χ0v) is 39.1. The fourth-order valence-corrected chi connectivity index (χ4v) is 8.44. The van der Waals surface area contributed by atoms with Crippen molar-refractivity contribution in [1.29, 1.82) is 0 Å². The molecular formula is C54H54N2O12. The number of rotatable bonds is 17. The van der Waals surface area contributed by atoms with Crippen LogP contribution in [0.5, 0.6) is 23.0 Å². The first kappa shape index (κ1) is 48.2. The van der Waals surface area contributed by atoms with Crippen molar-refractivity contribution in [2.75, 3.05) is 23.0 Å². The van der Waals surface area contributed by atoms with Crippen LogP contribution in [0, 0.1) is 0 Å². The third-order valence-electron chi connectivity index (χ3n) is 11.3. The van der Waals surface area contributed by atoms with Crippen LogP contribution in [0.15, 0.2) is 97.1 Å². The summed E-state index contributed by atoms with van der Waals surface area (Å²) in [5, 5.41) is 21.3. The van der Waals surface area contributed by atoms with Gasteiger partial charge in [0.25, 0.3) is 23.6 Å². The summed E-state index contributed by atoms with van der Waals surface area (Å²) in [5.41, 5.74) is 2.67. The van der Waals surface area contributed by atoms with Crippen molar-refractivity contribution in [3.63, 3.8) is 0 Å². The molecule has 0 saturated heterocycles. The maximum Gasteiger partial charge on any atom is 0.310 e. The van der Waals surface area contributed by atoms with E-state index < -0.39 is 41.5 Å². The molecule has 0 bridgehead atoms. The molecule has 6 aromatic rings. The van der Waals surface area contributed by atoms with Crippen molar-refractivity contribution >= 4 is 68.5 Å². The van der Waals surface area contributed by atoms with Crippen molar-refractivity contribution < 1.29 is 57.9 Å². The van der Waals surface area contributed by atoms with E-state index in [1.165, 1.54) is 0 Å². The Kier molecular flexibility index (Phi) is 14.5. The zero-order valence-electron chi connectivity index (χ0n) is 39.1.